The Balaban J connectivity index is 2.90. The van der Waals surface area contributed by atoms with E-state index in [1.807, 2.05) is 34.6 Å². The summed E-state index contributed by atoms with van der Waals surface area (Å²) in [5.41, 5.74) is -0.570. The number of ether oxygens (including phenoxy) is 3. The van der Waals surface area contributed by atoms with Crippen molar-refractivity contribution >= 4 is 14.4 Å². The molecule has 0 spiro atoms. The van der Waals surface area contributed by atoms with E-state index in [2.05, 4.69) is 39.2 Å². The molecule has 1 rings (SSSR count). The van der Waals surface area contributed by atoms with Gasteiger partial charge in [0.2, 0.25) is 0 Å². The van der Waals surface area contributed by atoms with Crippen molar-refractivity contribution in [3.8, 4) is 0 Å². The van der Waals surface area contributed by atoms with Gasteiger partial charge in [0.15, 0.2) is 14.1 Å². The molecule has 0 aromatic rings. The third-order valence-corrected chi connectivity index (χ3v) is 9.74. The molecule has 0 radical (unpaired) electrons. The Bertz CT molecular complexity index is 524. The van der Waals surface area contributed by atoms with Crippen molar-refractivity contribution < 1.29 is 28.5 Å². The van der Waals surface area contributed by atoms with Crippen molar-refractivity contribution in [3.05, 3.63) is 0 Å². The minimum absolute atomic E-state index is 0.0683. The van der Waals surface area contributed by atoms with Crippen LogP contribution in [-0.2, 0) is 18.6 Å². The Morgan fingerprint density at radius 2 is 1.75 bits per heavy atom. The van der Waals surface area contributed by atoms with Crippen LogP contribution in [0.15, 0.2) is 0 Å². The number of aliphatic hydroxyl groups is 1. The summed E-state index contributed by atoms with van der Waals surface area (Å²) in [5, 5.41) is 12.6. The van der Waals surface area contributed by atoms with Gasteiger partial charge in [0.25, 0.3) is 0 Å². The molecule has 1 aliphatic rings. The molecular formula is C20H41NO6Si. The SMILES string of the molecule is CC(C)(C)OC(=O)NC[C@H](CO[Si](C)(C)C(C)(C)C)[C@@H]1OC(C)(C)O[C@@H]1CO. The Kier molecular flexibility index (Phi) is 8.15. The Hall–Kier alpha value is -0.673. The van der Waals surface area contributed by atoms with E-state index in [-0.39, 0.29) is 23.7 Å². The Morgan fingerprint density at radius 3 is 2.21 bits per heavy atom. The number of carbonyl (C=O) groups is 1. The van der Waals surface area contributed by atoms with Crippen molar-refractivity contribution in [2.45, 2.75) is 97.1 Å². The third kappa shape index (κ3) is 7.63. The molecule has 8 heteroatoms. The lowest BCUT2D eigenvalue weighted by atomic mass is 9.99. The van der Waals surface area contributed by atoms with Gasteiger partial charge in [0.1, 0.15) is 11.7 Å². The summed E-state index contributed by atoms with van der Waals surface area (Å²) in [6.07, 6.45) is -1.34. The normalized spacial score (nSPS) is 24.1. The molecule has 166 valence electrons. The smallest absolute Gasteiger partial charge is 0.407 e. The molecule has 0 aromatic carbocycles. The zero-order chi connectivity index (χ0) is 22.0. The van der Waals surface area contributed by atoms with Crippen molar-refractivity contribution in [1.82, 2.24) is 5.32 Å². The second-order valence-corrected chi connectivity index (χ2v) is 15.3. The topological polar surface area (TPSA) is 86.3 Å². The predicted molar refractivity (Wildman–Crippen MR) is 112 cm³/mol. The molecule has 1 aliphatic heterocycles. The first-order valence-electron chi connectivity index (χ1n) is 10.0. The number of hydrogen-bond donors (Lipinski definition) is 2. The van der Waals surface area contributed by atoms with Gasteiger partial charge >= 0.3 is 6.09 Å². The molecule has 0 saturated carbocycles. The van der Waals surface area contributed by atoms with Gasteiger partial charge in [0.05, 0.1) is 12.7 Å². The van der Waals surface area contributed by atoms with E-state index in [4.69, 9.17) is 18.6 Å². The predicted octanol–water partition coefficient (Wildman–Crippen LogP) is 3.66. The number of alkyl carbamates (subject to hydrolysis) is 1. The van der Waals surface area contributed by atoms with E-state index in [9.17, 15) is 9.90 Å². The fraction of sp³-hybridized carbons (Fsp3) is 0.950. The second kappa shape index (κ2) is 9.00. The second-order valence-electron chi connectivity index (χ2n) is 10.5. The molecule has 0 aliphatic carbocycles. The van der Waals surface area contributed by atoms with E-state index < -0.39 is 31.9 Å². The zero-order valence-corrected chi connectivity index (χ0v) is 20.3. The number of aliphatic hydroxyl groups excluding tert-OH is 1. The molecule has 0 aromatic heterocycles. The first kappa shape index (κ1) is 25.4. The van der Waals surface area contributed by atoms with Gasteiger partial charge in [-0.25, -0.2) is 4.79 Å². The van der Waals surface area contributed by atoms with E-state index in [0.717, 1.165) is 0 Å². The van der Waals surface area contributed by atoms with Crippen molar-refractivity contribution in [2.24, 2.45) is 5.92 Å². The summed E-state index contributed by atoms with van der Waals surface area (Å²) in [6.45, 7) is 20.6. The summed E-state index contributed by atoms with van der Waals surface area (Å²) in [6, 6.07) is 0. The number of rotatable bonds is 7. The van der Waals surface area contributed by atoms with Gasteiger partial charge in [-0.3, -0.25) is 0 Å². The van der Waals surface area contributed by atoms with Crippen LogP contribution in [0, 0.1) is 5.92 Å². The molecule has 1 saturated heterocycles. The van der Waals surface area contributed by atoms with Gasteiger partial charge < -0.3 is 29.1 Å². The van der Waals surface area contributed by atoms with Crippen molar-refractivity contribution in [2.75, 3.05) is 19.8 Å². The summed E-state index contributed by atoms with van der Waals surface area (Å²) in [7, 11) is -1.98. The Labute approximate surface area is 171 Å². The maximum absolute atomic E-state index is 12.1. The van der Waals surface area contributed by atoms with Crippen LogP contribution < -0.4 is 5.32 Å². The van der Waals surface area contributed by atoms with E-state index in [1.54, 1.807) is 0 Å². The van der Waals surface area contributed by atoms with Gasteiger partial charge in [-0.1, -0.05) is 20.8 Å². The van der Waals surface area contributed by atoms with Crippen LogP contribution in [0.1, 0.15) is 55.4 Å². The molecular weight excluding hydrogens is 378 g/mol. The highest BCUT2D eigenvalue weighted by molar-refractivity contribution is 6.74. The maximum Gasteiger partial charge on any atom is 0.407 e. The minimum atomic E-state index is -1.98. The molecule has 28 heavy (non-hydrogen) atoms. The largest absolute Gasteiger partial charge is 0.444 e. The zero-order valence-electron chi connectivity index (χ0n) is 19.3. The lowest BCUT2D eigenvalue weighted by Gasteiger charge is -2.38. The van der Waals surface area contributed by atoms with Crippen LogP contribution in [0.5, 0.6) is 0 Å². The lowest BCUT2D eigenvalue weighted by molar-refractivity contribution is -0.153. The lowest BCUT2D eigenvalue weighted by Crippen LogP contribution is -2.48. The molecule has 1 amide bonds. The first-order valence-corrected chi connectivity index (χ1v) is 13.0. The molecule has 1 fully saturated rings. The molecule has 7 nitrogen and oxygen atoms in total. The molecule has 2 N–H and O–H groups in total. The Morgan fingerprint density at radius 1 is 1.18 bits per heavy atom. The highest BCUT2D eigenvalue weighted by Crippen LogP contribution is 2.38. The van der Waals surface area contributed by atoms with Crippen LogP contribution in [-0.4, -0.2) is 62.9 Å². The van der Waals surface area contributed by atoms with Gasteiger partial charge in [-0.2, -0.15) is 0 Å². The molecule has 1 heterocycles. The summed E-state index contributed by atoms with van der Waals surface area (Å²) < 4.78 is 23.6. The number of hydrogen-bond acceptors (Lipinski definition) is 6. The van der Waals surface area contributed by atoms with E-state index in [1.165, 1.54) is 0 Å². The van der Waals surface area contributed by atoms with E-state index in [0.29, 0.717) is 13.2 Å². The summed E-state index contributed by atoms with van der Waals surface area (Å²) in [4.78, 5) is 12.1. The number of nitrogens with one attached hydrogen (secondary N) is 1. The average molecular weight is 420 g/mol. The van der Waals surface area contributed by atoms with Crippen LogP contribution in [0.4, 0.5) is 4.79 Å². The number of amides is 1. The van der Waals surface area contributed by atoms with Crippen LogP contribution in [0.3, 0.4) is 0 Å². The number of carbonyl (C=O) groups excluding carboxylic acids is 1. The summed E-state index contributed by atoms with van der Waals surface area (Å²) in [5.74, 6) is -0.972. The quantitative estimate of drug-likeness (QED) is 0.613. The molecule has 0 bridgehead atoms. The van der Waals surface area contributed by atoms with Gasteiger partial charge in [0, 0.05) is 19.1 Å². The minimum Gasteiger partial charge on any atom is -0.444 e. The molecule has 0 unspecified atom stereocenters. The van der Waals surface area contributed by atoms with Gasteiger partial charge in [-0.05, 0) is 52.8 Å². The summed E-state index contributed by atoms with van der Waals surface area (Å²) >= 11 is 0. The first-order chi connectivity index (χ1) is 12.5. The molecule has 3 atom stereocenters. The highest BCUT2D eigenvalue weighted by atomic mass is 28.4. The standard InChI is InChI=1S/C20H41NO6Si/c1-18(2,3)27-17(23)21-11-14(13-24-28(9,10)19(4,5)6)16-15(12-22)25-20(7,8)26-16/h14-16,22H,11-13H2,1-10H3,(H,21,23)/t14-,15-,16+/m1/s1. The van der Waals surface area contributed by atoms with E-state index >= 15 is 0 Å². The fourth-order valence-corrected chi connectivity index (χ4v) is 3.80. The van der Waals surface area contributed by atoms with Crippen molar-refractivity contribution in [1.29, 1.82) is 0 Å². The monoisotopic (exact) mass is 419 g/mol. The highest BCUT2D eigenvalue weighted by Gasteiger charge is 2.46. The van der Waals surface area contributed by atoms with Crippen LogP contribution in [0.25, 0.3) is 0 Å². The fourth-order valence-electron chi connectivity index (χ4n) is 2.73. The third-order valence-electron chi connectivity index (χ3n) is 5.24. The van der Waals surface area contributed by atoms with Crippen LogP contribution in [0.2, 0.25) is 18.1 Å². The van der Waals surface area contributed by atoms with Crippen molar-refractivity contribution in [3.63, 3.8) is 0 Å². The maximum atomic E-state index is 12.1. The average Bonchev–Trinajstić information content (AvgIpc) is 2.79. The van der Waals surface area contributed by atoms with Crippen LogP contribution >= 0.6 is 0 Å². The van der Waals surface area contributed by atoms with Gasteiger partial charge in [-0.15, -0.1) is 0 Å².